The zero-order valence-electron chi connectivity index (χ0n) is 9.76. The fourth-order valence-corrected chi connectivity index (χ4v) is 2.64. The number of nitrogens with zero attached hydrogens (tertiary/aromatic N) is 1. The Labute approximate surface area is 113 Å². The zero-order chi connectivity index (χ0) is 13.3. The maximum atomic E-state index is 11.6. The van der Waals surface area contributed by atoms with Gasteiger partial charge in [0.1, 0.15) is 0 Å². The van der Waals surface area contributed by atoms with Crippen molar-refractivity contribution in [3.63, 3.8) is 0 Å². The number of halogens is 1. The fraction of sp³-hybridized carbons (Fsp3) is 0.231. The molecule has 4 nitrogen and oxygen atoms in total. The Morgan fingerprint density at radius 1 is 1.44 bits per heavy atom. The van der Waals surface area contributed by atoms with Crippen LogP contribution in [0.3, 0.4) is 0 Å². The fourth-order valence-electron chi connectivity index (χ4n) is 2.13. The van der Waals surface area contributed by atoms with Crippen molar-refractivity contribution >= 4 is 33.9 Å². The van der Waals surface area contributed by atoms with Gasteiger partial charge < -0.3 is 10.0 Å². The van der Waals surface area contributed by atoms with Crippen molar-refractivity contribution in [2.75, 3.05) is 0 Å². The van der Waals surface area contributed by atoms with Crippen LogP contribution < -0.4 is 0 Å². The second-order valence-corrected chi connectivity index (χ2v) is 4.95. The molecule has 1 aliphatic rings. The van der Waals surface area contributed by atoms with Crippen LogP contribution in [0.5, 0.6) is 0 Å². The number of rotatable bonds is 2. The Balaban J connectivity index is 2.50. The summed E-state index contributed by atoms with van der Waals surface area (Å²) in [6, 6.07) is 5.14. The van der Waals surface area contributed by atoms with Gasteiger partial charge in [-0.1, -0.05) is 28.1 Å². The molecule has 0 bridgehead atoms. The Bertz CT molecular complexity index is 539. The summed E-state index contributed by atoms with van der Waals surface area (Å²) in [6.07, 6.45) is 3.36. The largest absolute Gasteiger partial charge is 0.481 e. The van der Waals surface area contributed by atoms with E-state index < -0.39 is 12.0 Å². The minimum absolute atomic E-state index is 0.104. The van der Waals surface area contributed by atoms with E-state index in [0.717, 1.165) is 15.6 Å². The molecule has 18 heavy (non-hydrogen) atoms. The molecule has 1 amide bonds. The van der Waals surface area contributed by atoms with E-state index in [1.54, 1.807) is 6.20 Å². The van der Waals surface area contributed by atoms with E-state index >= 15 is 0 Å². The summed E-state index contributed by atoms with van der Waals surface area (Å²) in [6.45, 7) is 1.43. The van der Waals surface area contributed by atoms with Crippen LogP contribution >= 0.6 is 15.9 Å². The van der Waals surface area contributed by atoms with Crippen LogP contribution in [0.1, 0.15) is 30.5 Å². The van der Waals surface area contributed by atoms with Crippen LogP contribution in [-0.2, 0) is 9.59 Å². The van der Waals surface area contributed by atoms with E-state index in [0.29, 0.717) is 0 Å². The third kappa shape index (κ3) is 2.31. The van der Waals surface area contributed by atoms with Gasteiger partial charge in [-0.2, -0.15) is 0 Å². The Morgan fingerprint density at radius 3 is 2.78 bits per heavy atom. The molecular weight excluding hydrogens is 298 g/mol. The number of carboxylic acid groups (broad SMARTS) is 1. The quantitative estimate of drug-likeness (QED) is 0.914. The van der Waals surface area contributed by atoms with Crippen molar-refractivity contribution < 1.29 is 14.7 Å². The van der Waals surface area contributed by atoms with Crippen molar-refractivity contribution in [2.24, 2.45) is 0 Å². The molecule has 0 saturated carbocycles. The van der Waals surface area contributed by atoms with Crippen molar-refractivity contribution in [2.45, 2.75) is 19.4 Å². The van der Waals surface area contributed by atoms with Gasteiger partial charge in [0.15, 0.2) is 0 Å². The van der Waals surface area contributed by atoms with Gasteiger partial charge >= 0.3 is 5.97 Å². The molecule has 1 aromatic rings. The Hall–Kier alpha value is -1.62. The molecule has 2 rings (SSSR count). The summed E-state index contributed by atoms with van der Waals surface area (Å²) in [5.41, 5.74) is 1.78. The standard InChI is InChI=1S/C13H12BrNO3/c1-8(16)15-6-5-9-10(3-2-4-11(9)14)12(15)7-13(17)18/h2-6,12H,7H2,1H3,(H,17,18). The average molecular weight is 310 g/mol. The van der Waals surface area contributed by atoms with Crippen molar-refractivity contribution in [3.8, 4) is 0 Å². The third-order valence-corrected chi connectivity index (χ3v) is 3.61. The lowest BCUT2D eigenvalue weighted by Gasteiger charge is -2.32. The first-order valence-corrected chi connectivity index (χ1v) is 6.27. The molecule has 94 valence electrons. The lowest BCUT2D eigenvalue weighted by molar-refractivity contribution is -0.139. The highest BCUT2D eigenvalue weighted by Crippen LogP contribution is 2.36. The molecule has 1 aromatic carbocycles. The summed E-state index contributed by atoms with van der Waals surface area (Å²) in [5, 5.41) is 8.99. The SMILES string of the molecule is CC(=O)N1C=Cc2c(Br)cccc2C1CC(=O)O. The average Bonchev–Trinajstić information content (AvgIpc) is 2.29. The van der Waals surface area contributed by atoms with E-state index in [1.807, 2.05) is 24.3 Å². The smallest absolute Gasteiger partial charge is 0.305 e. The maximum Gasteiger partial charge on any atom is 0.305 e. The molecule has 1 unspecified atom stereocenters. The summed E-state index contributed by atoms with van der Waals surface area (Å²) in [7, 11) is 0. The first-order valence-electron chi connectivity index (χ1n) is 5.48. The lowest BCUT2D eigenvalue weighted by atomic mass is 9.94. The molecule has 1 N–H and O–H groups in total. The van der Waals surface area contributed by atoms with Crippen LogP contribution in [0.4, 0.5) is 0 Å². The third-order valence-electron chi connectivity index (χ3n) is 2.91. The highest BCUT2D eigenvalue weighted by molar-refractivity contribution is 9.10. The molecule has 1 atom stereocenters. The summed E-state index contributed by atoms with van der Waals surface area (Å²) < 4.78 is 0.898. The summed E-state index contributed by atoms with van der Waals surface area (Å²) in [5.74, 6) is -1.09. The van der Waals surface area contributed by atoms with Crippen molar-refractivity contribution in [1.29, 1.82) is 0 Å². The highest BCUT2D eigenvalue weighted by Gasteiger charge is 2.28. The molecule has 0 spiro atoms. The molecule has 0 aliphatic carbocycles. The van der Waals surface area contributed by atoms with E-state index in [-0.39, 0.29) is 12.3 Å². The number of fused-ring (bicyclic) bond motifs is 1. The Kier molecular flexibility index (Phi) is 3.52. The van der Waals surface area contributed by atoms with Crippen LogP contribution in [-0.4, -0.2) is 21.9 Å². The van der Waals surface area contributed by atoms with Crippen LogP contribution in [0.15, 0.2) is 28.9 Å². The molecule has 1 heterocycles. The normalized spacial score (nSPS) is 17.4. The van der Waals surface area contributed by atoms with Crippen LogP contribution in [0, 0.1) is 0 Å². The monoisotopic (exact) mass is 309 g/mol. The number of carboxylic acids is 1. The number of amides is 1. The van der Waals surface area contributed by atoms with Gasteiger partial charge in [-0.15, -0.1) is 0 Å². The molecule has 0 fully saturated rings. The highest BCUT2D eigenvalue weighted by atomic mass is 79.9. The second kappa shape index (κ2) is 4.94. The molecular formula is C13H12BrNO3. The van der Waals surface area contributed by atoms with E-state index in [2.05, 4.69) is 15.9 Å². The van der Waals surface area contributed by atoms with Gasteiger partial charge in [-0.3, -0.25) is 9.59 Å². The molecule has 1 aliphatic heterocycles. The number of aliphatic carboxylic acids is 1. The second-order valence-electron chi connectivity index (χ2n) is 4.10. The predicted octanol–water partition coefficient (Wildman–Crippen LogP) is 2.80. The van der Waals surface area contributed by atoms with E-state index in [4.69, 9.17) is 5.11 Å². The van der Waals surface area contributed by atoms with Gasteiger partial charge in [-0.25, -0.2) is 0 Å². The Morgan fingerprint density at radius 2 is 2.17 bits per heavy atom. The predicted molar refractivity (Wildman–Crippen MR) is 70.7 cm³/mol. The first-order chi connectivity index (χ1) is 8.50. The summed E-state index contributed by atoms with van der Waals surface area (Å²) in [4.78, 5) is 24.0. The number of hydrogen-bond acceptors (Lipinski definition) is 2. The van der Waals surface area contributed by atoms with Crippen LogP contribution in [0.2, 0.25) is 0 Å². The van der Waals surface area contributed by atoms with Gasteiger partial charge in [0.25, 0.3) is 0 Å². The molecule has 0 radical (unpaired) electrons. The topological polar surface area (TPSA) is 57.6 Å². The van der Waals surface area contributed by atoms with Gasteiger partial charge in [-0.05, 0) is 23.3 Å². The van der Waals surface area contributed by atoms with E-state index in [1.165, 1.54) is 11.8 Å². The number of benzene rings is 1. The zero-order valence-corrected chi connectivity index (χ0v) is 11.3. The number of hydrogen-bond donors (Lipinski definition) is 1. The lowest BCUT2D eigenvalue weighted by Crippen LogP contribution is -2.32. The molecule has 0 aromatic heterocycles. The number of carbonyl (C=O) groups is 2. The minimum Gasteiger partial charge on any atom is -0.481 e. The van der Waals surface area contributed by atoms with Gasteiger partial charge in [0.05, 0.1) is 12.5 Å². The molecule has 0 saturated heterocycles. The first kappa shape index (κ1) is 12.8. The minimum atomic E-state index is -0.924. The van der Waals surface area contributed by atoms with Gasteiger partial charge in [0.2, 0.25) is 5.91 Å². The van der Waals surface area contributed by atoms with Crippen molar-refractivity contribution in [1.82, 2.24) is 4.90 Å². The molecule has 5 heteroatoms. The van der Waals surface area contributed by atoms with Crippen molar-refractivity contribution in [3.05, 3.63) is 40.0 Å². The summed E-state index contributed by atoms with van der Waals surface area (Å²) >= 11 is 3.43. The maximum absolute atomic E-state index is 11.6. The number of carbonyl (C=O) groups excluding carboxylic acids is 1. The van der Waals surface area contributed by atoms with E-state index in [9.17, 15) is 9.59 Å². The van der Waals surface area contributed by atoms with Gasteiger partial charge in [0, 0.05) is 17.6 Å². The van der Waals surface area contributed by atoms with Crippen LogP contribution in [0.25, 0.3) is 6.08 Å².